The Morgan fingerprint density at radius 1 is 1.10 bits per heavy atom. The molecule has 0 aliphatic carbocycles. The Balaban J connectivity index is 0.00000272. The average Bonchev–Trinajstić information content (AvgIpc) is 3.40. The normalized spacial score (nSPS) is 22.0. The molecule has 3 atom stereocenters. The number of hydrogen-bond acceptors (Lipinski definition) is 4. The fraction of sp³-hybridized carbons (Fsp3) is 0.458. The van der Waals surface area contributed by atoms with E-state index in [2.05, 4.69) is 17.6 Å². The van der Waals surface area contributed by atoms with Gasteiger partial charge in [0, 0.05) is 6.54 Å². The van der Waals surface area contributed by atoms with Crippen LogP contribution in [0.3, 0.4) is 0 Å². The van der Waals surface area contributed by atoms with E-state index in [0.717, 1.165) is 48.0 Å². The number of aliphatic imine (C=N–C) groups is 1. The summed E-state index contributed by atoms with van der Waals surface area (Å²) in [6.07, 6.45) is 4.14. The van der Waals surface area contributed by atoms with Crippen LogP contribution in [0.1, 0.15) is 37.3 Å². The van der Waals surface area contributed by atoms with Gasteiger partial charge >= 0.3 is 0 Å². The van der Waals surface area contributed by atoms with E-state index in [1.54, 1.807) is 7.11 Å². The van der Waals surface area contributed by atoms with Crippen LogP contribution >= 0.6 is 24.0 Å². The first-order valence-corrected chi connectivity index (χ1v) is 10.8. The molecule has 2 aliphatic rings. The molecule has 2 N–H and O–H groups in total. The van der Waals surface area contributed by atoms with Gasteiger partial charge in [0.05, 0.1) is 31.9 Å². The number of nitrogens with one attached hydrogen (secondary N) is 2. The van der Waals surface area contributed by atoms with Crippen molar-refractivity contribution in [2.75, 3.05) is 13.7 Å². The number of ether oxygens (including phenoxy) is 3. The first kappa shape index (κ1) is 23.7. The zero-order valence-corrected chi connectivity index (χ0v) is 20.5. The van der Waals surface area contributed by atoms with Gasteiger partial charge in [-0.2, -0.15) is 0 Å². The fourth-order valence-corrected chi connectivity index (χ4v) is 4.12. The van der Waals surface area contributed by atoms with Gasteiger partial charge < -0.3 is 24.8 Å². The molecule has 2 saturated heterocycles. The van der Waals surface area contributed by atoms with Crippen LogP contribution in [-0.4, -0.2) is 37.9 Å². The van der Waals surface area contributed by atoms with Crippen LogP contribution in [0.15, 0.2) is 53.5 Å². The summed E-state index contributed by atoms with van der Waals surface area (Å²) in [6, 6.07) is 16.5. The Morgan fingerprint density at radius 3 is 2.61 bits per heavy atom. The van der Waals surface area contributed by atoms with Crippen LogP contribution in [0, 0.1) is 0 Å². The van der Waals surface area contributed by atoms with Gasteiger partial charge in [0.2, 0.25) is 0 Å². The van der Waals surface area contributed by atoms with Crippen molar-refractivity contribution in [3.8, 4) is 11.5 Å². The van der Waals surface area contributed by atoms with Crippen molar-refractivity contribution < 1.29 is 14.2 Å². The lowest BCUT2D eigenvalue weighted by atomic mass is 9.96. The monoisotopic (exact) mass is 537 g/mol. The molecule has 2 aromatic carbocycles. The molecule has 0 spiro atoms. The summed E-state index contributed by atoms with van der Waals surface area (Å²) in [5.41, 5.74) is 2.19. The van der Waals surface area contributed by atoms with Crippen LogP contribution in [0.5, 0.6) is 11.5 Å². The van der Waals surface area contributed by atoms with Crippen molar-refractivity contribution in [2.24, 2.45) is 4.99 Å². The summed E-state index contributed by atoms with van der Waals surface area (Å²) < 4.78 is 17.4. The van der Waals surface area contributed by atoms with E-state index in [9.17, 15) is 0 Å². The van der Waals surface area contributed by atoms with Crippen LogP contribution < -0.4 is 20.1 Å². The van der Waals surface area contributed by atoms with Crippen LogP contribution in [0.4, 0.5) is 0 Å². The highest BCUT2D eigenvalue weighted by atomic mass is 127. The predicted octanol–water partition coefficient (Wildman–Crippen LogP) is 4.27. The Hall–Kier alpha value is -2.00. The van der Waals surface area contributed by atoms with Gasteiger partial charge in [0.25, 0.3) is 0 Å². The number of guanidine groups is 1. The lowest BCUT2D eigenvalue weighted by molar-refractivity contribution is 0.0992. The quantitative estimate of drug-likeness (QED) is 0.299. The van der Waals surface area contributed by atoms with E-state index in [4.69, 9.17) is 19.2 Å². The maximum absolute atomic E-state index is 5.95. The number of fused-ring (bicyclic) bond motifs is 2. The van der Waals surface area contributed by atoms with Gasteiger partial charge in [0.1, 0.15) is 6.61 Å². The van der Waals surface area contributed by atoms with Gasteiger partial charge in [-0.3, -0.25) is 0 Å². The van der Waals surface area contributed by atoms with Crippen LogP contribution in [0.2, 0.25) is 0 Å². The first-order chi connectivity index (χ1) is 14.7. The van der Waals surface area contributed by atoms with Crippen molar-refractivity contribution >= 4 is 29.9 Å². The second-order valence-electron chi connectivity index (χ2n) is 7.82. The molecule has 0 aromatic heterocycles. The Morgan fingerprint density at radius 2 is 1.94 bits per heavy atom. The van der Waals surface area contributed by atoms with E-state index in [-0.39, 0.29) is 24.0 Å². The molecule has 2 bridgehead atoms. The van der Waals surface area contributed by atoms with E-state index in [0.29, 0.717) is 31.4 Å². The summed E-state index contributed by atoms with van der Waals surface area (Å²) in [5, 5.41) is 6.90. The molecule has 0 radical (unpaired) electrons. The molecule has 6 nitrogen and oxygen atoms in total. The van der Waals surface area contributed by atoms with Gasteiger partial charge in [-0.05, 0) is 49.4 Å². The molecule has 168 valence electrons. The fourth-order valence-electron chi connectivity index (χ4n) is 4.12. The third-order valence-electron chi connectivity index (χ3n) is 5.66. The van der Waals surface area contributed by atoms with E-state index in [1.807, 2.05) is 48.5 Å². The predicted molar refractivity (Wildman–Crippen MR) is 133 cm³/mol. The molecule has 4 rings (SSSR count). The highest BCUT2D eigenvalue weighted by molar-refractivity contribution is 14.0. The Kier molecular flexibility index (Phi) is 8.83. The van der Waals surface area contributed by atoms with Crippen molar-refractivity contribution in [3.05, 3.63) is 59.7 Å². The van der Waals surface area contributed by atoms with Crippen LogP contribution in [0.25, 0.3) is 0 Å². The van der Waals surface area contributed by atoms with Gasteiger partial charge in [-0.25, -0.2) is 4.99 Å². The number of halogens is 1. The zero-order valence-electron chi connectivity index (χ0n) is 18.2. The van der Waals surface area contributed by atoms with Gasteiger partial charge in [0.15, 0.2) is 17.5 Å². The molecule has 2 heterocycles. The second-order valence-corrected chi connectivity index (χ2v) is 7.82. The van der Waals surface area contributed by atoms with Crippen LogP contribution in [-0.2, 0) is 17.9 Å². The van der Waals surface area contributed by atoms with Crippen molar-refractivity contribution in [2.45, 2.75) is 57.6 Å². The zero-order chi connectivity index (χ0) is 20.8. The smallest absolute Gasteiger partial charge is 0.191 e. The van der Waals surface area contributed by atoms with Crippen molar-refractivity contribution in [1.29, 1.82) is 0 Å². The minimum atomic E-state index is 0. The number of nitrogens with zero attached hydrogens (tertiary/aromatic N) is 1. The Bertz CT molecular complexity index is 862. The van der Waals surface area contributed by atoms with E-state index in [1.165, 1.54) is 6.42 Å². The largest absolute Gasteiger partial charge is 0.493 e. The molecular weight excluding hydrogens is 505 g/mol. The minimum Gasteiger partial charge on any atom is -0.493 e. The lowest BCUT2D eigenvalue weighted by Gasteiger charge is -2.22. The summed E-state index contributed by atoms with van der Waals surface area (Å²) in [5.74, 6) is 2.29. The van der Waals surface area contributed by atoms with Gasteiger partial charge in [-0.1, -0.05) is 36.4 Å². The molecule has 7 heteroatoms. The highest BCUT2D eigenvalue weighted by Crippen LogP contribution is 2.34. The topological polar surface area (TPSA) is 64.1 Å². The maximum atomic E-state index is 5.95. The van der Waals surface area contributed by atoms with Crippen molar-refractivity contribution in [1.82, 2.24) is 10.6 Å². The number of benzene rings is 2. The lowest BCUT2D eigenvalue weighted by Crippen LogP contribution is -2.47. The molecule has 31 heavy (non-hydrogen) atoms. The van der Waals surface area contributed by atoms with E-state index < -0.39 is 0 Å². The SMILES string of the molecule is CCNC(=NCc1ccc(OCc2ccccc2)c(OC)c1)NC1CC2CCC1O2.I. The summed E-state index contributed by atoms with van der Waals surface area (Å²) in [4.78, 5) is 4.77. The summed E-state index contributed by atoms with van der Waals surface area (Å²) >= 11 is 0. The number of rotatable bonds is 8. The third kappa shape index (κ3) is 6.26. The molecule has 0 amide bonds. The van der Waals surface area contributed by atoms with Crippen molar-refractivity contribution in [3.63, 3.8) is 0 Å². The molecule has 2 aliphatic heterocycles. The molecule has 0 saturated carbocycles. The van der Waals surface area contributed by atoms with E-state index >= 15 is 0 Å². The average molecular weight is 537 g/mol. The molecule has 2 aromatic rings. The minimum absolute atomic E-state index is 0. The molecule has 2 fully saturated rings. The number of hydrogen-bond donors (Lipinski definition) is 2. The third-order valence-corrected chi connectivity index (χ3v) is 5.66. The first-order valence-electron chi connectivity index (χ1n) is 10.8. The van der Waals surface area contributed by atoms with Gasteiger partial charge in [-0.15, -0.1) is 24.0 Å². The summed E-state index contributed by atoms with van der Waals surface area (Å²) in [6.45, 7) is 3.97. The maximum Gasteiger partial charge on any atom is 0.191 e. The number of methoxy groups -OCH3 is 1. The second kappa shape index (κ2) is 11.6. The Labute approximate surface area is 201 Å². The standard InChI is InChI=1S/C24H31N3O3.HI/c1-3-25-24(27-20-14-19-10-12-21(20)30-19)26-15-18-9-11-22(23(13-18)28-2)29-16-17-7-5-4-6-8-17;/h4-9,11,13,19-21H,3,10,12,14-16H2,1-2H3,(H2,25,26,27);1H. The summed E-state index contributed by atoms with van der Waals surface area (Å²) in [7, 11) is 1.67. The molecular formula is C24H32IN3O3. The molecule has 3 unspecified atom stereocenters. The highest BCUT2D eigenvalue weighted by Gasteiger charge is 2.41.